The van der Waals surface area contributed by atoms with E-state index in [9.17, 15) is 25.9 Å². The van der Waals surface area contributed by atoms with Gasteiger partial charge in [-0.1, -0.05) is 18.2 Å². The van der Waals surface area contributed by atoms with Crippen LogP contribution >= 0.6 is 0 Å². The molecule has 0 N–H and O–H groups in total. The van der Waals surface area contributed by atoms with Crippen molar-refractivity contribution >= 4 is 31.0 Å². The molecule has 0 saturated heterocycles. The van der Waals surface area contributed by atoms with Crippen LogP contribution in [0.15, 0.2) is 46.2 Å². The van der Waals surface area contributed by atoms with Crippen LogP contribution in [0, 0.1) is 0 Å². The van der Waals surface area contributed by atoms with Crippen LogP contribution in [-0.4, -0.2) is 25.9 Å². The first-order valence-corrected chi connectivity index (χ1v) is 7.46. The van der Waals surface area contributed by atoms with Gasteiger partial charge >= 0.3 is 103 Å². The number of fused-ring (bicyclic) bond motifs is 1. The Morgan fingerprint density at radius 3 is 1.90 bits per heavy atom. The summed E-state index contributed by atoms with van der Waals surface area (Å²) in [5.41, 5.74) is 0. The fraction of sp³-hybridized carbons (Fsp3) is 0. The van der Waals surface area contributed by atoms with E-state index >= 15 is 0 Å². The first-order valence-electron chi connectivity index (χ1n) is 4.64. The third-order valence-electron chi connectivity index (χ3n) is 2.37. The maximum atomic E-state index is 11.0. The summed E-state index contributed by atoms with van der Waals surface area (Å²) in [6.45, 7) is 0. The van der Waals surface area contributed by atoms with Crippen LogP contribution in [0.25, 0.3) is 10.8 Å². The quantitative estimate of drug-likeness (QED) is 0.388. The molecule has 0 spiro atoms. The molecule has 96 valence electrons. The van der Waals surface area contributed by atoms with E-state index in [1.54, 1.807) is 0 Å². The van der Waals surface area contributed by atoms with Gasteiger partial charge in [-0.15, -0.1) is 0 Å². The van der Waals surface area contributed by atoms with Gasteiger partial charge in [0.15, 0.2) is 0 Å². The molecule has 0 amide bonds. The van der Waals surface area contributed by atoms with Gasteiger partial charge in [-0.3, -0.25) is 0 Å². The topological polar surface area (TPSA) is 114 Å². The second-order valence-electron chi connectivity index (χ2n) is 3.55. The molecule has 0 fully saturated rings. The Labute approximate surface area is 201 Å². The second-order valence-corrected chi connectivity index (χ2v) is 6.28. The van der Waals surface area contributed by atoms with Gasteiger partial charge in [0.2, 0.25) is 0 Å². The maximum Gasteiger partial charge on any atom is 1.00 e. The smallest absolute Gasteiger partial charge is 0.744 e. The first kappa shape index (κ1) is 21.8. The molecular formula is C10H6K2O6S2. The monoisotopic (exact) mass is 364 g/mol. The molecule has 6 nitrogen and oxygen atoms in total. The molecule has 0 radical (unpaired) electrons. The van der Waals surface area contributed by atoms with E-state index in [1.165, 1.54) is 18.2 Å². The zero-order valence-corrected chi connectivity index (χ0v) is 18.6. The molecule has 0 bridgehead atoms. The van der Waals surface area contributed by atoms with E-state index in [1.807, 2.05) is 0 Å². The maximum absolute atomic E-state index is 11.0. The Kier molecular flexibility index (Phi) is 8.78. The molecule has 10 heteroatoms. The van der Waals surface area contributed by atoms with Gasteiger partial charge < -0.3 is 9.11 Å². The minimum absolute atomic E-state index is 0. The minimum atomic E-state index is -4.74. The zero-order chi connectivity index (χ0) is 13.6. The molecule has 2 aromatic carbocycles. The Morgan fingerprint density at radius 1 is 0.800 bits per heavy atom. The van der Waals surface area contributed by atoms with Gasteiger partial charge in [0, 0.05) is 5.39 Å². The molecule has 0 aliphatic rings. The largest absolute Gasteiger partial charge is 1.00 e. The van der Waals surface area contributed by atoms with E-state index in [-0.39, 0.29) is 108 Å². The van der Waals surface area contributed by atoms with E-state index in [4.69, 9.17) is 0 Å². The van der Waals surface area contributed by atoms with Crippen molar-refractivity contribution in [2.24, 2.45) is 0 Å². The number of hydrogen-bond acceptors (Lipinski definition) is 6. The van der Waals surface area contributed by atoms with Crippen molar-refractivity contribution in [1.29, 1.82) is 0 Å². The van der Waals surface area contributed by atoms with Crippen LogP contribution in [0.3, 0.4) is 0 Å². The molecule has 0 aliphatic carbocycles. The van der Waals surface area contributed by atoms with Crippen molar-refractivity contribution in [3.05, 3.63) is 36.4 Å². The minimum Gasteiger partial charge on any atom is -0.744 e. The van der Waals surface area contributed by atoms with Crippen LogP contribution in [0.2, 0.25) is 0 Å². The van der Waals surface area contributed by atoms with Crippen LogP contribution in [-0.2, 0) is 20.2 Å². The molecule has 20 heavy (non-hydrogen) atoms. The van der Waals surface area contributed by atoms with Gasteiger partial charge in [-0.25, -0.2) is 16.8 Å². The number of hydrogen-bond donors (Lipinski definition) is 0. The second kappa shape index (κ2) is 8.06. The van der Waals surface area contributed by atoms with Crippen LogP contribution in [0.4, 0.5) is 0 Å². The molecule has 0 unspecified atom stereocenters. The summed E-state index contributed by atoms with van der Waals surface area (Å²) >= 11 is 0. The third kappa shape index (κ3) is 5.16. The first-order chi connectivity index (χ1) is 8.19. The summed E-state index contributed by atoms with van der Waals surface area (Å²) < 4.78 is 65.6. The summed E-state index contributed by atoms with van der Waals surface area (Å²) in [6, 6.07) is 7.15. The van der Waals surface area contributed by atoms with Crippen LogP contribution in [0.5, 0.6) is 0 Å². The zero-order valence-electron chi connectivity index (χ0n) is 10.7. The predicted molar refractivity (Wildman–Crippen MR) is 59.9 cm³/mol. The normalized spacial score (nSPS) is 11.5. The van der Waals surface area contributed by atoms with Crippen molar-refractivity contribution in [2.45, 2.75) is 9.79 Å². The summed E-state index contributed by atoms with van der Waals surface area (Å²) in [5, 5.41) is 0.281. The van der Waals surface area contributed by atoms with Gasteiger partial charge in [0.25, 0.3) is 0 Å². The van der Waals surface area contributed by atoms with Gasteiger partial charge in [-0.2, -0.15) is 0 Å². The molecule has 0 atom stereocenters. The van der Waals surface area contributed by atoms with E-state index < -0.39 is 30.0 Å². The van der Waals surface area contributed by atoms with Crippen LogP contribution < -0.4 is 103 Å². The van der Waals surface area contributed by atoms with Crippen molar-refractivity contribution in [2.75, 3.05) is 0 Å². The molecule has 0 heterocycles. The summed E-state index contributed by atoms with van der Waals surface area (Å²) in [7, 11) is -9.44. The standard InChI is InChI=1S/C10H8O6S2.2K/c11-17(12,13)8-5-4-7-2-1-3-10(9(7)6-8)18(14,15)16;;/h1-6H,(H,11,12,13)(H,14,15,16);;/q;2*+1/p-2. The van der Waals surface area contributed by atoms with E-state index in [0.29, 0.717) is 5.39 Å². The Hall–Kier alpha value is 1.79. The molecule has 2 aromatic rings. The van der Waals surface area contributed by atoms with Gasteiger partial charge in [0.1, 0.15) is 20.2 Å². The molecule has 2 rings (SSSR count). The number of rotatable bonds is 2. The number of benzene rings is 2. The molecule has 0 aromatic heterocycles. The summed E-state index contributed by atoms with van der Waals surface area (Å²) in [6.07, 6.45) is 0. The SMILES string of the molecule is O=S(=O)([O-])c1ccc2cccc(S(=O)(=O)[O-])c2c1.[K+].[K+]. The average molecular weight is 364 g/mol. The average Bonchev–Trinajstić information content (AvgIpc) is 2.25. The van der Waals surface area contributed by atoms with Crippen LogP contribution in [0.1, 0.15) is 0 Å². The molecule has 0 aliphatic heterocycles. The van der Waals surface area contributed by atoms with E-state index in [2.05, 4.69) is 0 Å². The summed E-state index contributed by atoms with van der Waals surface area (Å²) in [5.74, 6) is 0. The third-order valence-corrected chi connectivity index (χ3v) is 4.10. The van der Waals surface area contributed by atoms with Gasteiger partial charge in [0.05, 0.1) is 9.79 Å². The van der Waals surface area contributed by atoms with Gasteiger partial charge in [-0.05, 0) is 23.6 Å². The van der Waals surface area contributed by atoms with Crippen molar-refractivity contribution in [1.82, 2.24) is 0 Å². The Morgan fingerprint density at radius 2 is 1.40 bits per heavy atom. The Balaban J connectivity index is 0.00000180. The van der Waals surface area contributed by atoms with Crippen molar-refractivity contribution < 1.29 is 129 Å². The fourth-order valence-corrected chi connectivity index (χ4v) is 2.78. The predicted octanol–water partition coefficient (Wildman–Crippen LogP) is -5.34. The molecular weight excluding hydrogens is 358 g/mol. The Bertz CT molecular complexity index is 830. The van der Waals surface area contributed by atoms with Crippen molar-refractivity contribution in [3.63, 3.8) is 0 Å². The fourth-order valence-electron chi connectivity index (χ4n) is 1.60. The van der Waals surface area contributed by atoms with Crippen molar-refractivity contribution in [3.8, 4) is 0 Å². The summed E-state index contributed by atoms with van der Waals surface area (Å²) in [4.78, 5) is -1.13. The molecule has 0 saturated carbocycles. The van der Waals surface area contributed by atoms with E-state index in [0.717, 1.165) is 18.2 Å².